The summed E-state index contributed by atoms with van der Waals surface area (Å²) in [5.74, 6) is -0.373. The van der Waals surface area contributed by atoms with Crippen molar-refractivity contribution in [2.45, 2.75) is 18.9 Å². The van der Waals surface area contributed by atoms with Crippen LogP contribution in [0.3, 0.4) is 0 Å². The molecule has 0 radical (unpaired) electrons. The third-order valence-electron chi connectivity index (χ3n) is 3.50. The molecule has 1 heterocycles. The van der Waals surface area contributed by atoms with E-state index in [0.29, 0.717) is 5.69 Å². The molecule has 116 valence electrons. The molecule has 6 heteroatoms. The van der Waals surface area contributed by atoms with Crippen molar-refractivity contribution in [3.8, 4) is 0 Å². The summed E-state index contributed by atoms with van der Waals surface area (Å²) >= 11 is 1.49. The summed E-state index contributed by atoms with van der Waals surface area (Å²) in [6.07, 6.45) is 1.92. The van der Waals surface area contributed by atoms with E-state index < -0.39 is 0 Å². The molecule has 2 amide bonds. The third-order valence-corrected chi connectivity index (χ3v) is 4.18. The monoisotopic (exact) mass is 317 g/mol. The quantitative estimate of drug-likeness (QED) is 0.881. The molecule has 0 spiro atoms. The van der Waals surface area contributed by atoms with Crippen LogP contribution in [0.15, 0.2) is 29.3 Å². The van der Waals surface area contributed by atoms with E-state index in [-0.39, 0.29) is 18.4 Å². The molecule has 0 aliphatic rings. The zero-order valence-corrected chi connectivity index (χ0v) is 14.0. The Morgan fingerprint density at radius 1 is 1.32 bits per heavy atom. The summed E-state index contributed by atoms with van der Waals surface area (Å²) in [6.45, 7) is 3.42. The smallest absolute Gasteiger partial charge is 0.244 e. The Balaban J connectivity index is 2.35. The molecule has 2 aromatic rings. The number of thioether (sulfide) groups is 1. The van der Waals surface area contributed by atoms with E-state index in [1.807, 2.05) is 37.4 Å². The number of carbonyl (C=O) groups is 2. The number of anilines is 1. The highest BCUT2D eigenvalue weighted by Crippen LogP contribution is 2.32. The molecule has 0 bridgehead atoms. The normalized spacial score (nSPS) is 10.5. The SMILES string of the molecule is CSc1nc2ccccc2c(C)c1NC(=O)CN(C)C(C)=O. The molecular weight excluding hydrogens is 298 g/mol. The lowest BCUT2D eigenvalue weighted by Crippen LogP contribution is -2.33. The maximum absolute atomic E-state index is 12.1. The van der Waals surface area contributed by atoms with Crippen LogP contribution in [0, 0.1) is 6.92 Å². The van der Waals surface area contributed by atoms with Gasteiger partial charge in [-0.1, -0.05) is 18.2 Å². The number of nitrogens with zero attached hydrogens (tertiary/aromatic N) is 2. The molecule has 22 heavy (non-hydrogen) atoms. The topological polar surface area (TPSA) is 62.3 Å². The number of likely N-dealkylation sites (N-methyl/N-ethyl adjacent to an activating group) is 1. The number of aromatic nitrogens is 1. The standard InChI is InChI=1S/C16H19N3O2S/c1-10-12-7-5-6-8-13(12)17-16(22-4)15(10)18-14(21)9-19(3)11(2)20/h5-8H,9H2,1-4H3,(H,18,21). The largest absolute Gasteiger partial charge is 0.337 e. The first-order chi connectivity index (χ1) is 10.4. The van der Waals surface area contributed by atoms with Gasteiger partial charge in [-0.15, -0.1) is 11.8 Å². The van der Waals surface area contributed by atoms with Crippen LogP contribution >= 0.6 is 11.8 Å². The van der Waals surface area contributed by atoms with E-state index in [4.69, 9.17) is 0 Å². The van der Waals surface area contributed by atoms with Crippen molar-refractivity contribution in [3.05, 3.63) is 29.8 Å². The van der Waals surface area contributed by atoms with Crippen molar-refractivity contribution in [1.82, 2.24) is 9.88 Å². The Bertz CT molecular complexity index is 731. The molecule has 0 unspecified atom stereocenters. The first kappa shape index (κ1) is 16.3. The molecular formula is C16H19N3O2S. The molecule has 0 fully saturated rings. The highest BCUT2D eigenvalue weighted by molar-refractivity contribution is 7.98. The Morgan fingerprint density at radius 2 is 2.00 bits per heavy atom. The first-order valence-corrected chi connectivity index (χ1v) is 8.11. The fraction of sp³-hybridized carbons (Fsp3) is 0.312. The third kappa shape index (κ3) is 3.39. The second-order valence-electron chi connectivity index (χ2n) is 5.06. The van der Waals surface area contributed by atoms with Crippen LogP contribution in [-0.4, -0.2) is 41.5 Å². The van der Waals surface area contributed by atoms with E-state index in [1.54, 1.807) is 7.05 Å². The lowest BCUT2D eigenvalue weighted by molar-refractivity contribution is -0.131. The number of hydrogen-bond donors (Lipinski definition) is 1. The van der Waals surface area contributed by atoms with Gasteiger partial charge in [0, 0.05) is 19.4 Å². The van der Waals surface area contributed by atoms with Gasteiger partial charge in [0.1, 0.15) is 5.03 Å². The number of hydrogen-bond acceptors (Lipinski definition) is 4. The maximum Gasteiger partial charge on any atom is 0.244 e. The number of amides is 2. The molecule has 0 saturated heterocycles. The number of nitrogens with one attached hydrogen (secondary N) is 1. The second-order valence-corrected chi connectivity index (χ2v) is 5.86. The van der Waals surface area contributed by atoms with Gasteiger partial charge in [-0.3, -0.25) is 9.59 Å². The lowest BCUT2D eigenvalue weighted by atomic mass is 10.1. The highest BCUT2D eigenvalue weighted by Gasteiger charge is 2.15. The van der Waals surface area contributed by atoms with E-state index in [2.05, 4.69) is 10.3 Å². The summed E-state index contributed by atoms with van der Waals surface area (Å²) in [4.78, 5) is 29.3. The van der Waals surface area contributed by atoms with Crippen molar-refractivity contribution in [2.24, 2.45) is 0 Å². The molecule has 1 aromatic carbocycles. The molecule has 0 aliphatic heterocycles. The van der Waals surface area contributed by atoms with Gasteiger partial charge in [0.15, 0.2) is 0 Å². The van der Waals surface area contributed by atoms with Gasteiger partial charge < -0.3 is 10.2 Å². The highest BCUT2D eigenvalue weighted by atomic mass is 32.2. The van der Waals surface area contributed by atoms with Crippen LogP contribution < -0.4 is 5.32 Å². The van der Waals surface area contributed by atoms with Crippen molar-refractivity contribution in [1.29, 1.82) is 0 Å². The zero-order valence-electron chi connectivity index (χ0n) is 13.1. The Hall–Kier alpha value is -2.08. The number of pyridine rings is 1. The predicted octanol–water partition coefficient (Wildman–Crippen LogP) is 2.68. The van der Waals surface area contributed by atoms with E-state index >= 15 is 0 Å². The van der Waals surface area contributed by atoms with Gasteiger partial charge in [0.25, 0.3) is 0 Å². The fourth-order valence-corrected chi connectivity index (χ4v) is 2.75. The van der Waals surface area contributed by atoms with Crippen LogP contribution in [-0.2, 0) is 9.59 Å². The summed E-state index contributed by atoms with van der Waals surface area (Å²) in [5, 5.41) is 4.67. The van der Waals surface area contributed by atoms with Gasteiger partial charge in [0.2, 0.25) is 11.8 Å². The minimum Gasteiger partial charge on any atom is -0.337 e. The van der Waals surface area contributed by atoms with Crippen LogP contribution in [0.2, 0.25) is 0 Å². The molecule has 0 atom stereocenters. The number of fused-ring (bicyclic) bond motifs is 1. The molecule has 1 aromatic heterocycles. The minimum absolute atomic E-state index is 0.0232. The van der Waals surface area contributed by atoms with Gasteiger partial charge in [-0.05, 0) is 24.8 Å². The molecule has 5 nitrogen and oxygen atoms in total. The van der Waals surface area contributed by atoms with Gasteiger partial charge in [-0.25, -0.2) is 4.98 Å². The number of benzene rings is 1. The number of rotatable bonds is 4. The van der Waals surface area contributed by atoms with Crippen LogP contribution in [0.1, 0.15) is 12.5 Å². The van der Waals surface area contributed by atoms with Crippen LogP contribution in [0.4, 0.5) is 5.69 Å². The van der Waals surface area contributed by atoms with Crippen LogP contribution in [0.25, 0.3) is 10.9 Å². The zero-order chi connectivity index (χ0) is 16.3. The lowest BCUT2D eigenvalue weighted by Gasteiger charge is -2.17. The summed E-state index contributed by atoms with van der Waals surface area (Å²) in [5.41, 5.74) is 2.60. The number of aryl methyl sites for hydroxylation is 1. The Kier molecular flexibility index (Phi) is 5.03. The van der Waals surface area contributed by atoms with Crippen molar-refractivity contribution in [3.63, 3.8) is 0 Å². The molecule has 0 aliphatic carbocycles. The van der Waals surface area contributed by atoms with Crippen molar-refractivity contribution < 1.29 is 9.59 Å². The van der Waals surface area contributed by atoms with Crippen molar-refractivity contribution >= 4 is 40.2 Å². The second kappa shape index (κ2) is 6.79. The summed E-state index contributed by atoms with van der Waals surface area (Å²) in [7, 11) is 1.60. The molecule has 1 N–H and O–H groups in total. The van der Waals surface area contributed by atoms with Crippen LogP contribution in [0.5, 0.6) is 0 Å². The van der Waals surface area contributed by atoms with E-state index in [0.717, 1.165) is 21.5 Å². The van der Waals surface area contributed by atoms with E-state index in [9.17, 15) is 9.59 Å². The van der Waals surface area contributed by atoms with Gasteiger partial charge in [-0.2, -0.15) is 0 Å². The Labute approximate surface area is 134 Å². The Morgan fingerprint density at radius 3 is 2.64 bits per heavy atom. The average molecular weight is 317 g/mol. The summed E-state index contributed by atoms with van der Waals surface area (Å²) < 4.78 is 0. The number of para-hydroxylation sites is 1. The van der Waals surface area contributed by atoms with Crippen molar-refractivity contribution in [2.75, 3.05) is 25.2 Å². The van der Waals surface area contributed by atoms with Gasteiger partial charge in [0.05, 0.1) is 17.7 Å². The van der Waals surface area contributed by atoms with Gasteiger partial charge >= 0.3 is 0 Å². The molecule has 0 saturated carbocycles. The average Bonchev–Trinajstić information content (AvgIpc) is 2.49. The summed E-state index contributed by atoms with van der Waals surface area (Å²) in [6, 6.07) is 7.83. The number of carbonyl (C=O) groups excluding carboxylic acids is 2. The molecule has 2 rings (SSSR count). The predicted molar refractivity (Wildman–Crippen MR) is 90.2 cm³/mol. The van der Waals surface area contributed by atoms with E-state index in [1.165, 1.54) is 23.6 Å². The maximum atomic E-state index is 12.1. The fourth-order valence-electron chi connectivity index (χ4n) is 2.15. The first-order valence-electron chi connectivity index (χ1n) is 6.89. The minimum atomic E-state index is -0.229.